The lowest BCUT2D eigenvalue weighted by Crippen LogP contribution is -2.32. The molecule has 0 fully saturated rings. The summed E-state index contributed by atoms with van der Waals surface area (Å²) in [4.78, 5) is 30.3. The van der Waals surface area contributed by atoms with Crippen molar-refractivity contribution in [2.45, 2.75) is 27.3 Å². The lowest BCUT2D eigenvalue weighted by atomic mass is 10.1. The molecule has 0 aliphatic rings. The van der Waals surface area contributed by atoms with E-state index in [1.165, 1.54) is 10.7 Å². The van der Waals surface area contributed by atoms with Crippen molar-refractivity contribution in [3.05, 3.63) is 93.4 Å². The van der Waals surface area contributed by atoms with Gasteiger partial charge in [-0.1, -0.05) is 36.4 Å². The fourth-order valence-corrected chi connectivity index (χ4v) is 4.37. The third kappa shape index (κ3) is 4.68. The second-order valence-electron chi connectivity index (χ2n) is 7.63. The Morgan fingerprint density at radius 3 is 2.53 bits per heavy atom. The minimum absolute atomic E-state index is 0.164. The molecule has 1 amide bonds. The number of hydrogen-bond acceptors (Lipinski definition) is 5. The van der Waals surface area contributed by atoms with Crippen molar-refractivity contribution in [1.82, 2.24) is 20.1 Å². The fraction of sp³-hybridized carbons (Fsp3) is 0.200. The lowest BCUT2D eigenvalue weighted by Gasteiger charge is -2.09. The van der Waals surface area contributed by atoms with Crippen LogP contribution in [-0.4, -0.2) is 27.2 Å². The molecule has 2 aromatic carbocycles. The van der Waals surface area contributed by atoms with Crippen LogP contribution in [0.2, 0.25) is 0 Å². The summed E-state index contributed by atoms with van der Waals surface area (Å²) in [5.41, 5.74) is 5.22. The minimum atomic E-state index is -0.209. The normalized spacial score (nSPS) is 10.8. The van der Waals surface area contributed by atoms with Gasteiger partial charge in [-0.3, -0.25) is 9.59 Å². The van der Waals surface area contributed by atoms with E-state index in [1.54, 1.807) is 23.5 Å². The average Bonchev–Trinajstić information content (AvgIpc) is 3.19. The van der Waals surface area contributed by atoms with Gasteiger partial charge in [0.2, 0.25) is 0 Å². The highest BCUT2D eigenvalue weighted by Crippen LogP contribution is 2.33. The zero-order valence-corrected chi connectivity index (χ0v) is 19.1. The van der Waals surface area contributed by atoms with Crippen molar-refractivity contribution in [3.63, 3.8) is 0 Å². The Kier molecular flexibility index (Phi) is 6.28. The molecule has 0 saturated heterocycles. The van der Waals surface area contributed by atoms with Crippen molar-refractivity contribution in [2.24, 2.45) is 0 Å². The van der Waals surface area contributed by atoms with Crippen LogP contribution in [0.25, 0.3) is 21.1 Å². The monoisotopic (exact) mass is 444 g/mol. The first kappa shape index (κ1) is 21.6. The first-order valence-electron chi connectivity index (χ1n) is 10.4. The van der Waals surface area contributed by atoms with Crippen LogP contribution >= 0.6 is 11.3 Å². The number of aromatic nitrogens is 3. The molecule has 2 heterocycles. The number of carbonyl (C=O) groups is 1. The van der Waals surface area contributed by atoms with E-state index in [4.69, 9.17) is 0 Å². The van der Waals surface area contributed by atoms with Crippen LogP contribution in [0.15, 0.2) is 65.5 Å². The molecule has 4 aromatic rings. The summed E-state index contributed by atoms with van der Waals surface area (Å²) in [6.45, 7) is 6.52. The van der Waals surface area contributed by atoms with E-state index in [0.717, 1.165) is 32.3 Å². The number of thiazole rings is 1. The number of hydrogen-bond donors (Lipinski definition) is 1. The Bertz CT molecular complexity index is 1330. The average molecular weight is 445 g/mol. The summed E-state index contributed by atoms with van der Waals surface area (Å²) in [5.74, 6) is -0.164. The Balaban J connectivity index is 1.49. The van der Waals surface area contributed by atoms with Gasteiger partial charge in [-0.05, 0) is 50.1 Å². The lowest BCUT2D eigenvalue weighted by molar-refractivity contribution is 0.0951. The molecule has 2 aromatic heterocycles. The standard InChI is InChI=1S/C25H24N4O2S/c1-16-9-10-20(15-17(16)2)24(31)26-13-14-29-22(30)12-11-21(28-29)23-18(3)27-25(32-23)19-7-5-4-6-8-19/h4-12,15H,13-14H2,1-3H3,(H,26,31). The Morgan fingerprint density at radius 1 is 1.00 bits per heavy atom. The molecule has 0 radical (unpaired) electrons. The van der Waals surface area contributed by atoms with E-state index in [0.29, 0.717) is 17.8 Å². The number of benzene rings is 2. The molecule has 32 heavy (non-hydrogen) atoms. The predicted octanol–water partition coefficient (Wildman–Crippen LogP) is 4.39. The van der Waals surface area contributed by atoms with Crippen molar-refractivity contribution in [1.29, 1.82) is 0 Å². The second-order valence-corrected chi connectivity index (χ2v) is 8.63. The molecule has 0 bridgehead atoms. The Hall–Kier alpha value is -3.58. The van der Waals surface area contributed by atoms with Gasteiger partial charge in [0.05, 0.1) is 17.1 Å². The van der Waals surface area contributed by atoms with Crippen LogP contribution < -0.4 is 10.9 Å². The zero-order valence-electron chi connectivity index (χ0n) is 18.3. The van der Waals surface area contributed by atoms with Crippen LogP contribution in [0.4, 0.5) is 0 Å². The number of carbonyl (C=O) groups excluding carboxylic acids is 1. The highest BCUT2D eigenvalue weighted by molar-refractivity contribution is 7.18. The van der Waals surface area contributed by atoms with Crippen LogP contribution in [0, 0.1) is 20.8 Å². The van der Waals surface area contributed by atoms with Crippen molar-refractivity contribution >= 4 is 17.2 Å². The fourth-order valence-electron chi connectivity index (χ4n) is 3.33. The van der Waals surface area contributed by atoms with Gasteiger partial charge in [-0.15, -0.1) is 11.3 Å². The molecule has 0 aliphatic carbocycles. The maximum atomic E-state index is 12.4. The van der Waals surface area contributed by atoms with E-state index in [-0.39, 0.29) is 18.0 Å². The van der Waals surface area contributed by atoms with Gasteiger partial charge >= 0.3 is 0 Å². The van der Waals surface area contributed by atoms with E-state index in [2.05, 4.69) is 15.4 Å². The quantitative estimate of drug-likeness (QED) is 0.479. The van der Waals surface area contributed by atoms with Gasteiger partial charge in [0.1, 0.15) is 10.7 Å². The summed E-state index contributed by atoms with van der Waals surface area (Å²) in [7, 11) is 0. The molecule has 0 atom stereocenters. The van der Waals surface area contributed by atoms with Crippen molar-refractivity contribution in [2.75, 3.05) is 6.54 Å². The molecule has 6 nitrogen and oxygen atoms in total. The topological polar surface area (TPSA) is 76.9 Å². The largest absolute Gasteiger partial charge is 0.350 e. The molecule has 0 saturated carbocycles. The van der Waals surface area contributed by atoms with Gasteiger partial charge in [0.25, 0.3) is 11.5 Å². The third-order valence-electron chi connectivity index (χ3n) is 5.29. The number of nitrogens with zero attached hydrogens (tertiary/aromatic N) is 3. The Morgan fingerprint density at radius 2 is 1.78 bits per heavy atom. The molecule has 1 N–H and O–H groups in total. The summed E-state index contributed by atoms with van der Waals surface area (Å²) >= 11 is 1.55. The first-order chi connectivity index (χ1) is 15.4. The van der Waals surface area contributed by atoms with E-state index in [9.17, 15) is 9.59 Å². The molecule has 162 valence electrons. The summed E-state index contributed by atoms with van der Waals surface area (Å²) in [6.07, 6.45) is 0. The van der Waals surface area contributed by atoms with Crippen molar-refractivity contribution in [3.8, 4) is 21.1 Å². The highest BCUT2D eigenvalue weighted by Gasteiger charge is 2.14. The first-order valence-corrected chi connectivity index (χ1v) is 11.2. The second kappa shape index (κ2) is 9.28. The van der Waals surface area contributed by atoms with Crippen LogP contribution in [0.3, 0.4) is 0 Å². The SMILES string of the molecule is Cc1ccc(C(=O)NCCn2nc(-c3sc(-c4ccccc4)nc3C)ccc2=O)cc1C. The number of nitrogens with one attached hydrogen (secondary N) is 1. The summed E-state index contributed by atoms with van der Waals surface area (Å²) in [6, 6.07) is 18.8. The van der Waals surface area contributed by atoms with Crippen LogP contribution in [0.5, 0.6) is 0 Å². The summed E-state index contributed by atoms with van der Waals surface area (Å²) in [5, 5.41) is 8.31. The maximum absolute atomic E-state index is 12.4. The number of aryl methyl sites for hydroxylation is 3. The molecular formula is C25H24N4O2S. The molecule has 7 heteroatoms. The molecule has 4 rings (SSSR count). The predicted molar refractivity (Wildman–Crippen MR) is 128 cm³/mol. The zero-order chi connectivity index (χ0) is 22.7. The van der Waals surface area contributed by atoms with Gasteiger partial charge < -0.3 is 5.32 Å². The van der Waals surface area contributed by atoms with Gasteiger partial charge in [-0.2, -0.15) is 5.10 Å². The minimum Gasteiger partial charge on any atom is -0.350 e. The molecule has 0 unspecified atom stereocenters. The van der Waals surface area contributed by atoms with Crippen molar-refractivity contribution < 1.29 is 4.79 Å². The third-order valence-corrected chi connectivity index (χ3v) is 6.52. The van der Waals surface area contributed by atoms with Gasteiger partial charge in [-0.25, -0.2) is 9.67 Å². The van der Waals surface area contributed by atoms with E-state index >= 15 is 0 Å². The summed E-state index contributed by atoms with van der Waals surface area (Å²) < 4.78 is 1.39. The molecular weight excluding hydrogens is 420 g/mol. The van der Waals surface area contributed by atoms with Gasteiger partial charge in [0.15, 0.2) is 0 Å². The molecule has 0 aliphatic heterocycles. The van der Waals surface area contributed by atoms with Crippen LogP contribution in [-0.2, 0) is 6.54 Å². The van der Waals surface area contributed by atoms with E-state index < -0.39 is 0 Å². The number of rotatable bonds is 6. The van der Waals surface area contributed by atoms with E-state index in [1.807, 2.05) is 63.2 Å². The molecule has 0 spiro atoms. The smallest absolute Gasteiger partial charge is 0.266 e. The highest BCUT2D eigenvalue weighted by atomic mass is 32.1. The maximum Gasteiger partial charge on any atom is 0.266 e. The van der Waals surface area contributed by atoms with Crippen LogP contribution in [0.1, 0.15) is 27.2 Å². The van der Waals surface area contributed by atoms with Gasteiger partial charge in [0, 0.05) is 23.7 Å². The number of amides is 1. The Labute approximate surface area is 190 Å².